The third-order valence-electron chi connectivity index (χ3n) is 3.83. The third-order valence-corrected chi connectivity index (χ3v) is 5.67. The number of hydrogen-bond donors (Lipinski definition) is 2. The van der Waals surface area contributed by atoms with Gasteiger partial charge in [0.05, 0.1) is 9.79 Å². The summed E-state index contributed by atoms with van der Waals surface area (Å²) in [5.74, 6) is -2.19. The molecule has 7 heteroatoms. The quantitative estimate of drug-likeness (QED) is 0.736. The summed E-state index contributed by atoms with van der Waals surface area (Å²) in [6.45, 7) is 2.83. The first-order valence-corrected chi connectivity index (χ1v) is 9.38. The first-order chi connectivity index (χ1) is 12.6. The van der Waals surface area contributed by atoms with E-state index >= 15 is 0 Å². The maximum atomic E-state index is 13.0. The summed E-state index contributed by atoms with van der Waals surface area (Å²) < 4.78 is 25.9. The Bertz CT molecular complexity index is 1040. The predicted molar refractivity (Wildman–Crippen MR) is 101 cm³/mol. The number of carboxylic acids is 2. The Morgan fingerprint density at radius 3 is 1.89 bits per heavy atom. The van der Waals surface area contributed by atoms with Crippen LogP contribution >= 0.6 is 0 Å². The summed E-state index contributed by atoms with van der Waals surface area (Å²) in [4.78, 5) is 21.9. The van der Waals surface area contributed by atoms with E-state index in [9.17, 15) is 18.0 Å². The van der Waals surface area contributed by atoms with Crippen molar-refractivity contribution in [2.24, 2.45) is 0 Å². The van der Waals surface area contributed by atoms with Gasteiger partial charge in [-0.2, -0.15) is 0 Å². The van der Waals surface area contributed by atoms with Gasteiger partial charge in [-0.15, -0.1) is 0 Å². The minimum Gasteiger partial charge on any atom is -0.478 e. The number of rotatable bonds is 6. The SMILES string of the molecule is CC(=Cc1ccc(S(=O)(=O)c2ccccc2C=C(C)C(=O)O)cc1)C(=O)O. The average Bonchev–Trinajstić information content (AvgIpc) is 2.62. The van der Waals surface area contributed by atoms with Gasteiger partial charge in [0.2, 0.25) is 9.84 Å². The van der Waals surface area contributed by atoms with E-state index in [1.54, 1.807) is 12.1 Å². The lowest BCUT2D eigenvalue weighted by Crippen LogP contribution is -2.05. The monoisotopic (exact) mass is 386 g/mol. The van der Waals surface area contributed by atoms with E-state index in [0.717, 1.165) is 0 Å². The van der Waals surface area contributed by atoms with Crippen molar-refractivity contribution in [2.75, 3.05) is 0 Å². The first-order valence-electron chi connectivity index (χ1n) is 7.90. The van der Waals surface area contributed by atoms with Crippen LogP contribution in [0.15, 0.2) is 69.5 Å². The zero-order valence-electron chi connectivity index (χ0n) is 14.7. The fraction of sp³-hybridized carbons (Fsp3) is 0.100. The largest absolute Gasteiger partial charge is 0.478 e. The standard InChI is InChI=1S/C20H18O6S/c1-13(19(21)22)11-15-7-9-17(10-8-15)27(25,26)18-6-4-3-5-16(18)12-14(2)20(23)24/h3-12H,1-2H3,(H,21,22)(H,23,24). The molecule has 0 amide bonds. The number of carbonyl (C=O) groups is 2. The molecular weight excluding hydrogens is 368 g/mol. The van der Waals surface area contributed by atoms with E-state index in [1.807, 2.05) is 0 Å². The molecule has 0 saturated heterocycles. The molecule has 0 radical (unpaired) electrons. The Morgan fingerprint density at radius 1 is 0.815 bits per heavy atom. The van der Waals surface area contributed by atoms with Crippen LogP contribution in [0.1, 0.15) is 25.0 Å². The van der Waals surface area contributed by atoms with Crippen molar-refractivity contribution < 1.29 is 28.2 Å². The van der Waals surface area contributed by atoms with Gasteiger partial charge in [-0.1, -0.05) is 30.3 Å². The molecule has 2 aromatic rings. The normalized spacial score (nSPS) is 12.7. The van der Waals surface area contributed by atoms with Crippen LogP contribution in [0.4, 0.5) is 0 Å². The summed E-state index contributed by atoms with van der Waals surface area (Å²) in [6.07, 6.45) is 2.74. The molecular formula is C20H18O6S. The van der Waals surface area contributed by atoms with E-state index in [2.05, 4.69) is 0 Å². The molecule has 27 heavy (non-hydrogen) atoms. The maximum Gasteiger partial charge on any atom is 0.331 e. The lowest BCUT2D eigenvalue weighted by molar-refractivity contribution is -0.133. The summed E-state index contributed by atoms with van der Waals surface area (Å²) in [5.41, 5.74) is 0.986. The van der Waals surface area contributed by atoms with Crippen LogP contribution in [0.25, 0.3) is 12.2 Å². The zero-order valence-corrected chi connectivity index (χ0v) is 15.5. The number of aliphatic carboxylic acids is 2. The molecule has 0 fully saturated rings. The highest BCUT2D eigenvalue weighted by Gasteiger charge is 2.20. The fourth-order valence-corrected chi connectivity index (χ4v) is 3.76. The van der Waals surface area contributed by atoms with Crippen molar-refractivity contribution in [1.29, 1.82) is 0 Å². The molecule has 6 nitrogen and oxygen atoms in total. The highest BCUT2D eigenvalue weighted by molar-refractivity contribution is 7.91. The molecule has 0 heterocycles. The Hall–Kier alpha value is -3.19. The molecule has 140 valence electrons. The van der Waals surface area contributed by atoms with Gasteiger partial charge < -0.3 is 10.2 Å². The predicted octanol–water partition coefficient (Wildman–Crippen LogP) is 3.50. The minimum absolute atomic E-state index is 0.00407. The van der Waals surface area contributed by atoms with E-state index in [0.29, 0.717) is 5.56 Å². The van der Waals surface area contributed by atoms with Crippen molar-refractivity contribution in [2.45, 2.75) is 23.6 Å². The van der Waals surface area contributed by atoms with Gasteiger partial charge in [-0.05, 0) is 55.3 Å². The van der Waals surface area contributed by atoms with Crippen LogP contribution in [0.2, 0.25) is 0 Å². The second kappa shape index (κ2) is 8.01. The van der Waals surface area contributed by atoms with Gasteiger partial charge >= 0.3 is 11.9 Å². The van der Waals surface area contributed by atoms with Crippen LogP contribution in [-0.4, -0.2) is 30.6 Å². The summed E-state index contributed by atoms with van der Waals surface area (Å²) >= 11 is 0. The second-order valence-electron chi connectivity index (χ2n) is 5.88. The summed E-state index contributed by atoms with van der Waals surface area (Å²) in [5, 5.41) is 17.9. The Kier molecular flexibility index (Phi) is 5.97. The smallest absolute Gasteiger partial charge is 0.331 e. The van der Waals surface area contributed by atoms with Gasteiger partial charge in [0.1, 0.15) is 0 Å². The van der Waals surface area contributed by atoms with Crippen LogP contribution in [-0.2, 0) is 19.4 Å². The summed E-state index contributed by atoms with van der Waals surface area (Å²) in [7, 11) is -3.88. The maximum absolute atomic E-state index is 13.0. The molecule has 0 aliphatic rings. The highest BCUT2D eigenvalue weighted by Crippen LogP contribution is 2.26. The van der Waals surface area contributed by atoms with Crippen molar-refractivity contribution >= 4 is 33.9 Å². The Balaban J connectivity index is 2.49. The molecule has 2 N–H and O–H groups in total. The van der Waals surface area contributed by atoms with Crippen molar-refractivity contribution in [1.82, 2.24) is 0 Å². The van der Waals surface area contributed by atoms with Crippen molar-refractivity contribution in [3.8, 4) is 0 Å². The summed E-state index contributed by atoms with van der Waals surface area (Å²) in [6, 6.07) is 11.9. The van der Waals surface area contributed by atoms with Gasteiger partial charge in [-0.25, -0.2) is 18.0 Å². The van der Waals surface area contributed by atoms with E-state index < -0.39 is 21.8 Å². The van der Waals surface area contributed by atoms with E-state index in [1.165, 1.54) is 62.4 Å². The molecule has 0 spiro atoms. The van der Waals surface area contributed by atoms with Crippen LogP contribution in [0.5, 0.6) is 0 Å². The molecule has 2 rings (SSSR count). The second-order valence-corrected chi connectivity index (χ2v) is 7.79. The Labute approximate surface area is 157 Å². The van der Waals surface area contributed by atoms with Gasteiger partial charge in [-0.3, -0.25) is 0 Å². The number of carboxylic acid groups (broad SMARTS) is 2. The van der Waals surface area contributed by atoms with Crippen LogP contribution in [0, 0.1) is 0 Å². The minimum atomic E-state index is -3.88. The molecule has 0 saturated carbocycles. The molecule has 0 aromatic heterocycles. The van der Waals surface area contributed by atoms with E-state index in [4.69, 9.17) is 10.2 Å². The highest BCUT2D eigenvalue weighted by atomic mass is 32.2. The van der Waals surface area contributed by atoms with Gasteiger partial charge in [0, 0.05) is 11.1 Å². The van der Waals surface area contributed by atoms with Gasteiger partial charge in [0.25, 0.3) is 0 Å². The van der Waals surface area contributed by atoms with Crippen molar-refractivity contribution in [3.63, 3.8) is 0 Å². The first kappa shape index (κ1) is 20.1. The number of sulfone groups is 1. The fourth-order valence-electron chi connectivity index (χ4n) is 2.32. The molecule has 0 unspecified atom stereocenters. The molecule has 0 atom stereocenters. The van der Waals surface area contributed by atoms with E-state index in [-0.39, 0.29) is 26.5 Å². The number of benzene rings is 2. The lowest BCUT2D eigenvalue weighted by Gasteiger charge is -2.09. The van der Waals surface area contributed by atoms with Crippen molar-refractivity contribution in [3.05, 3.63) is 70.8 Å². The van der Waals surface area contributed by atoms with Gasteiger partial charge in [0.15, 0.2) is 0 Å². The molecule has 0 aliphatic carbocycles. The number of hydrogen-bond acceptors (Lipinski definition) is 4. The Morgan fingerprint density at radius 2 is 1.33 bits per heavy atom. The zero-order chi connectivity index (χ0) is 20.2. The molecule has 0 aliphatic heterocycles. The lowest BCUT2D eigenvalue weighted by atomic mass is 10.1. The van der Waals surface area contributed by atoms with Crippen LogP contribution < -0.4 is 0 Å². The topological polar surface area (TPSA) is 109 Å². The molecule has 2 aromatic carbocycles. The van der Waals surface area contributed by atoms with Crippen LogP contribution in [0.3, 0.4) is 0 Å². The third kappa shape index (κ3) is 4.71. The average molecular weight is 386 g/mol. The molecule has 0 bridgehead atoms.